The first kappa shape index (κ1) is 20.2. The molecule has 1 N–H and O–H groups in total. The minimum absolute atomic E-state index is 0.124. The highest BCUT2D eigenvalue weighted by Crippen LogP contribution is 2.21. The lowest BCUT2D eigenvalue weighted by Gasteiger charge is -2.10. The highest BCUT2D eigenvalue weighted by molar-refractivity contribution is 5.90. The van der Waals surface area contributed by atoms with Crippen molar-refractivity contribution in [2.45, 2.75) is 26.2 Å². The summed E-state index contributed by atoms with van der Waals surface area (Å²) in [6.07, 6.45) is 2.56. The van der Waals surface area contributed by atoms with Crippen molar-refractivity contribution in [3.8, 4) is 5.75 Å². The van der Waals surface area contributed by atoms with Gasteiger partial charge in [-0.15, -0.1) is 0 Å². The number of rotatable bonds is 8. The second-order valence-corrected chi connectivity index (χ2v) is 6.07. The Balaban J connectivity index is 1.78. The van der Waals surface area contributed by atoms with E-state index >= 15 is 0 Å². The van der Waals surface area contributed by atoms with Crippen molar-refractivity contribution in [2.24, 2.45) is 5.10 Å². The van der Waals surface area contributed by atoms with E-state index in [0.29, 0.717) is 17.2 Å². The van der Waals surface area contributed by atoms with Crippen LogP contribution < -0.4 is 10.2 Å². The molecule has 27 heavy (non-hydrogen) atoms. The van der Waals surface area contributed by atoms with Crippen LogP contribution in [-0.2, 0) is 9.53 Å². The van der Waals surface area contributed by atoms with Crippen molar-refractivity contribution >= 4 is 18.1 Å². The topological polar surface area (TPSA) is 77.0 Å². The van der Waals surface area contributed by atoms with Crippen LogP contribution >= 0.6 is 0 Å². The Hall–Kier alpha value is -3.15. The fourth-order valence-electron chi connectivity index (χ4n) is 2.31. The summed E-state index contributed by atoms with van der Waals surface area (Å²) in [5.41, 5.74) is 4.84. The van der Waals surface area contributed by atoms with E-state index in [0.717, 1.165) is 12.0 Å². The van der Waals surface area contributed by atoms with Crippen LogP contribution in [0.5, 0.6) is 5.75 Å². The van der Waals surface area contributed by atoms with Gasteiger partial charge in [-0.25, -0.2) is 10.2 Å². The van der Waals surface area contributed by atoms with E-state index < -0.39 is 5.97 Å². The molecular weight excluding hydrogens is 344 g/mol. The fourth-order valence-corrected chi connectivity index (χ4v) is 2.31. The van der Waals surface area contributed by atoms with Crippen LogP contribution in [0.15, 0.2) is 53.6 Å². The molecule has 0 aliphatic rings. The molecule has 2 aromatic rings. The molecule has 0 radical (unpaired) electrons. The quantitative estimate of drug-likeness (QED) is 0.439. The zero-order valence-corrected chi connectivity index (χ0v) is 15.8. The van der Waals surface area contributed by atoms with Gasteiger partial charge in [0, 0.05) is 0 Å². The number of nitrogens with zero attached hydrogens (tertiary/aromatic N) is 1. The summed E-state index contributed by atoms with van der Waals surface area (Å²) in [6, 6.07) is 14.4. The average Bonchev–Trinajstić information content (AvgIpc) is 2.72. The van der Waals surface area contributed by atoms with Gasteiger partial charge >= 0.3 is 5.97 Å². The Morgan fingerprint density at radius 1 is 1.11 bits per heavy atom. The van der Waals surface area contributed by atoms with Crippen LogP contribution in [0.25, 0.3) is 0 Å². The molecule has 1 atom stereocenters. The number of carbonyl (C=O) groups is 2. The van der Waals surface area contributed by atoms with E-state index in [1.54, 1.807) is 24.3 Å². The van der Waals surface area contributed by atoms with Gasteiger partial charge in [-0.3, -0.25) is 4.79 Å². The number of hydrogen-bond acceptors (Lipinski definition) is 5. The molecular formula is C21H24N2O4. The van der Waals surface area contributed by atoms with Gasteiger partial charge in [0.05, 0.1) is 18.9 Å². The zero-order valence-electron chi connectivity index (χ0n) is 15.8. The number of carbonyl (C=O) groups excluding carboxylic acids is 2. The first-order valence-corrected chi connectivity index (χ1v) is 8.76. The number of amides is 1. The minimum Gasteiger partial charge on any atom is -0.484 e. The number of hydrogen-bond donors (Lipinski definition) is 1. The third kappa shape index (κ3) is 6.26. The molecule has 0 heterocycles. The summed E-state index contributed by atoms with van der Waals surface area (Å²) in [5.74, 6) is 0.377. The number of methoxy groups -OCH3 is 1. The van der Waals surface area contributed by atoms with Crippen molar-refractivity contribution < 1.29 is 19.1 Å². The van der Waals surface area contributed by atoms with Gasteiger partial charge in [0.25, 0.3) is 5.91 Å². The molecule has 1 unspecified atom stereocenters. The summed E-state index contributed by atoms with van der Waals surface area (Å²) in [7, 11) is 1.33. The maximum Gasteiger partial charge on any atom is 0.337 e. The Morgan fingerprint density at radius 2 is 1.78 bits per heavy atom. The van der Waals surface area contributed by atoms with Crippen LogP contribution in [0.1, 0.15) is 47.7 Å². The predicted molar refractivity (Wildman–Crippen MR) is 104 cm³/mol. The van der Waals surface area contributed by atoms with E-state index in [4.69, 9.17) is 4.74 Å². The summed E-state index contributed by atoms with van der Waals surface area (Å²) in [6.45, 7) is 4.19. The lowest BCUT2D eigenvalue weighted by atomic mass is 9.99. The largest absolute Gasteiger partial charge is 0.484 e. The molecule has 1 amide bonds. The standard InChI is InChI=1S/C21H24N2O4/c1-4-15(2)17-9-11-19(12-10-17)27-14-20(24)23-22-13-16-5-7-18(8-6-16)21(25)26-3/h5-13,15H,4,14H2,1-3H3,(H,23,24)/b22-13+. The lowest BCUT2D eigenvalue weighted by molar-refractivity contribution is -0.123. The molecule has 0 aromatic heterocycles. The number of benzene rings is 2. The van der Waals surface area contributed by atoms with E-state index in [1.165, 1.54) is 18.9 Å². The van der Waals surface area contributed by atoms with Gasteiger partial charge in [0.15, 0.2) is 6.61 Å². The Labute approximate surface area is 159 Å². The van der Waals surface area contributed by atoms with Crippen LogP contribution in [0, 0.1) is 0 Å². The fraction of sp³-hybridized carbons (Fsp3) is 0.286. The molecule has 0 aliphatic carbocycles. The first-order valence-electron chi connectivity index (χ1n) is 8.76. The zero-order chi connectivity index (χ0) is 19.6. The van der Waals surface area contributed by atoms with E-state index in [9.17, 15) is 9.59 Å². The maximum absolute atomic E-state index is 11.8. The Kier molecular flexibility index (Phi) is 7.55. The monoisotopic (exact) mass is 368 g/mol. The van der Waals surface area contributed by atoms with Gasteiger partial charge in [-0.1, -0.05) is 38.1 Å². The highest BCUT2D eigenvalue weighted by Gasteiger charge is 2.05. The molecule has 142 valence electrons. The van der Waals surface area contributed by atoms with Crippen molar-refractivity contribution in [3.05, 3.63) is 65.2 Å². The number of esters is 1. The molecule has 2 rings (SSSR count). The van der Waals surface area contributed by atoms with E-state index in [1.807, 2.05) is 24.3 Å². The van der Waals surface area contributed by atoms with Crippen molar-refractivity contribution in [1.29, 1.82) is 0 Å². The lowest BCUT2D eigenvalue weighted by Crippen LogP contribution is -2.24. The third-order valence-electron chi connectivity index (χ3n) is 4.17. The maximum atomic E-state index is 11.8. The highest BCUT2D eigenvalue weighted by atomic mass is 16.5. The minimum atomic E-state index is -0.402. The number of nitrogens with one attached hydrogen (secondary N) is 1. The van der Waals surface area contributed by atoms with E-state index in [2.05, 4.69) is 29.1 Å². The van der Waals surface area contributed by atoms with Crippen LogP contribution in [0.2, 0.25) is 0 Å². The van der Waals surface area contributed by atoms with E-state index in [-0.39, 0.29) is 12.5 Å². The van der Waals surface area contributed by atoms with Gasteiger partial charge in [0.2, 0.25) is 0 Å². The van der Waals surface area contributed by atoms with Gasteiger partial charge in [-0.05, 0) is 47.7 Å². The molecule has 6 heteroatoms. The van der Waals surface area contributed by atoms with Crippen LogP contribution in [-0.4, -0.2) is 31.8 Å². The second-order valence-electron chi connectivity index (χ2n) is 6.07. The number of ether oxygens (including phenoxy) is 2. The predicted octanol–water partition coefficient (Wildman–Crippen LogP) is 3.52. The summed E-state index contributed by atoms with van der Waals surface area (Å²) >= 11 is 0. The molecule has 0 spiro atoms. The Bertz CT molecular complexity index is 783. The van der Waals surface area contributed by atoms with Gasteiger partial charge < -0.3 is 9.47 Å². The smallest absolute Gasteiger partial charge is 0.337 e. The third-order valence-corrected chi connectivity index (χ3v) is 4.17. The number of hydrazone groups is 1. The average molecular weight is 368 g/mol. The molecule has 0 saturated carbocycles. The summed E-state index contributed by atoms with van der Waals surface area (Å²) in [4.78, 5) is 23.2. The van der Waals surface area contributed by atoms with Crippen molar-refractivity contribution in [2.75, 3.05) is 13.7 Å². The van der Waals surface area contributed by atoms with Crippen LogP contribution in [0.3, 0.4) is 0 Å². The first-order chi connectivity index (χ1) is 13.0. The second kappa shape index (κ2) is 10.1. The van der Waals surface area contributed by atoms with Gasteiger partial charge in [-0.2, -0.15) is 5.10 Å². The van der Waals surface area contributed by atoms with Crippen LogP contribution in [0.4, 0.5) is 0 Å². The SMILES string of the molecule is CCC(C)c1ccc(OCC(=O)N/N=C/c2ccc(C(=O)OC)cc2)cc1. The Morgan fingerprint density at radius 3 is 2.37 bits per heavy atom. The molecule has 0 aliphatic heterocycles. The molecule has 0 bridgehead atoms. The van der Waals surface area contributed by atoms with Gasteiger partial charge in [0.1, 0.15) is 5.75 Å². The summed E-state index contributed by atoms with van der Waals surface area (Å²) in [5, 5.41) is 3.88. The van der Waals surface area contributed by atoms with Crippen molar-refractivity contribution in [1.82, 2.24) is 5.43 Å². The molecule has 0 saturated heterocycles. The van der Waals surface area contributed by atoms with Crippen molar-refractivity contribution in [3.63, 3.8) is 0 Å². The normalized spacial score (nSPS) is 11.8. The molecule has 6 nitrogen and oxygen atoms in total. The molecule has 0 fully saturated rings. The molecule has 2 aromatic carbocycles. The summed E-state index contributed by atoms with van der Waals surface area (Å²) < 4.78 is 10.1.